The second-order valence-corrected chi connectivity index (χ2v) is 20.0. The predicted molar refractivity (Wildman–Crippen MR) is 266 cm³/mol. The lowest BCUT2D eigenvalue weighted by Gasteiger charge is -2.29. The Balaban J connectivity index is 1.14. The minimum Gasteiger partial charge on any atom is -0.310 e. The summed E-state index contributed by atoms with van der Waals surface area (Å²) in [6, 6.07) is 49.6. The fourth-order valence-electron chi connectivity index (χ4n) is 12.1. The number of hydrogen-bond donors (Lipinski definition) is 0. The van der Waals surface area contributed by atoms with Gasteiger partial charge in [-0.15, -0.1) is 0 Å². The van der Waals surface area contributed by atoms with Crippen LogP contribution < -0.4 is 4.90 Å². The Kier molecular flexibility index (Phi) is 10.7. The highest BCUT2D eigenvalue weighted by atomic mass is 15.1. The van der Waals surface area contributed by atoms with Crippen LogP contribution in [0.1, 0.15) is 157 Å². The molecule has 2 saturated carbocycles. The van der Waals surface area contributed by atoms with Crippen molar-refractivity contribution in [3.8, 4) is 33.4 Å². The largest absolute Gasteiger partial charge is 0.310 e. The summed E-state index contributed by atoms with van der Waals surface area (Å²) in [5, 5.41) is 0. The average Bonchev–Trinajstić information content (AvgIpc) is 3.68. The van der Waals surface area contributed by atoms with Gasteiger partial charge in [-0.05, 0) is 165 Å². The summed E-state index contributed by atoms with van der Waals surface area (Å²) in [6.07, 6.45) is 19.2. The number of anilines is 3. The van der Waals surface area contributed by atoms with Crippen molar-refractivity contribution in [2.45, 2.75) is 135 Å². The molecule has 0 heterocycles. The van der Waals surface area contributed by atoms with Crippen molar-refractivity contribution >= 4 is 22.6 Å². The van der Waals surface area contributed by atoms with E-state index in [-0.39, 0.29) is 10.8 Å². The van der Waals surface area contributed by atoms with E-state index >= 15 is 0 Å². The van der Waals surface area contributed by atoms with Crippen LogP contribution in [0.15, 0.2) is 145 Å². The van der Waals surface area contributed by atoms with Gasteiger partial charge in [0.15, 0.2) is 0 Å². The molecule has 0 aromatic heterocycles. The maximum Gasteiger partial charge on any atom is 0.0467 e. The second kappa shape index (κ2) is 16.4. The smallest absolute Gasteiger partial charge is 0.0467 e. The van der Waals surface area contributed by atoms with E-state index in [0.29, 0.717) is 11.8 Å². The summed E-state index contributed by atoms with van der Waals surface area (Å²) < 4.78 is 0. The molecule has 4 aliphatic rings. The van der Waals surface area contributed by atoms with Crippen LogP contribution in [0.4, 0.5) is 17.1 Å². The number of fused-ring (bicyclic) bond motifs is 4. The number of benzene rings is 6. The molecule has 1 heteroatoms. The summed E-state index contributed by atoms with van der Waals surface area (Å²) in [6.45, 7) is 14.3. The van der Waals surface area contributed by atoms with Crippen LogP contribution in [-0.2, 0) is 10.8 Å². The van der Waals surface area contributed by atoms with E-state index < -0.39 is 0 Å². The molecule has 0 atom stereocenters. The Morgan fingerprint density at radius 2 is 1.10 bits per heavy atom. The molecule has 0 bridgehead atoms. The minimum absolute atomic E-state index is 0.0625. The molecule has 6 aromatic rings. The standard InChI is InChI=1S/C61H65N/c1-7-19-55-51(8-2)52-35-33-50(40-57(52)60(55,3)4)62(48-31-28-44(29-32-48)41-20-12-9-13-21-41)49-27-18-26-46(36-49)54-37-47(43-24-16-11-17-25-43)39-58-59(54)53-34-30-45(38-56(53)61(58,5)6)42-22-14-10-15-23-42/h8-9,12-13,18-21,26-40,42-43H,7,10-11,14-17,22-25H2,1-6H3/b51-8-,55-19+. The zero-order valence-corrected chi connectivity index (χ0v) is 38.2. The van der Waals surface area contributed by atoms with Gasteiger partial charge in [-0.2, -0.15) is 0 Å². The van der Waals surface area contributed by atoms with Gasteiger partial charge in [0.25, 0.3) is 0 Å². The van der Waals surface area contributed by atoms with Crippen molar-refractivity contribution < 1.29 is 0 Å². The molecule has 0 aliphatic heterocycles. The molecule has 2 fully saturated rings. The Labute approximate surface area is 372 Å². The predicted octanol–water partition coefficient (Wildman–Crippen LogP) is 17.9. The summed E-state index contributed by atoms with van der Waals surface area (Å²) in [4.78, 5) is 2.51. The third-order valence-corrected chi connectivity index (χ3v) is 15.5. The zero-order chi connectivity index (χ0) is 42.6. The Bertz CT molecular complexity index is 2670. The van der Waals surface area contributed by atoms with E-state index in [9.17, 15) is 0 Å². The van der Waals surface area contributed by atoms with Crippen molar-refractivity contribution in [3.05, 3.63) is 178 Å². The molecule has 0 unspecified atom stereocenters. The van der Waals surface area contributed by atoms with Gasteiger partial charge in [0.05, 0.1) is 0 Å². The summed E-state index contributed by atoms with van der Waals surface area (Å²) >= 11 is 0. The van der Waals surface area contributed by atoms with Gasteiger partial charge in [0.2, 0.25) is 0 Å². The van der Waals surface area contributed by atoms with Gasteiger partial charge in [-0.25, -0.2) is 0 Å². The van der Waals surface area contributed by atoms with Crippen LogP contribution >= 0.6 is 0 Å². The maximum absolute atomic E-state index is 2.64. The van der Waals surface area contributed by atoms with E-state index in [1.807, 2.05) is 0 Å². The first-order chi connectivity index (χ1) is 30.2. The summed E-state index contributed by atoms with van der Waals surface area (Å²) in [7, 11) is 0. The molecular weight excluding hydrogens is 747 g/mol. The molecule has 0 spiro atoms. The van der Waals surface area contributed by atoms with Gasteiger partial charge in [-0.1, -0.05) is 176 Å². The Hall–Kier alpha value is -5.40. The van der Waals surface area contributed by atoms with Crippen LogP contribution in [0.2, 0.25) is 0 Å². The molecule has 314 valence electrons. The summed E-state index contributed by atoms with van der Waals surface area (Å²) in [5.74, 6) is 1.32. The lowest BCUT2D eigenvalue weighted by atomic mass is 9.76. The molecule has 0 amide bonds. The van der Waals surface area contributed by atoms with Crippen LogP contribution in [0.25, 0.3) is 39.0 Å². The number of allylic oxidation sites excluding steroid dienone is 4. The van der Waals surface area contributed by atoms with Gasteiger partial charge < -0.3 is 4.90 Å². The van der Waals surface area contributed by atoms with E-state index in [0.717, 1.165) is 12.1 Å². The third-order valence-electron chi connectivity index (χ3n) is 15.5. The van der Waals surface area contributed by atoms with Crippen molar-refractivity contribution in [2.75, 3.05) is 4.90 Å². The van der Waals surface area contributed by atoms with Crippen LogP contribution in [0.5, 0.6) is 0 Å². The molecule has 0 N–H and O–H groups in total. The van der Waals surface area contributed by atoms with Crippen LogP contribution in [-0.4, -0.2) is 0 Å². The highest BCUT2D eigenvalue weighted by Gasteiger charge is 2.40. The fraction of sp³-hybridized carbons (Fsp3) is 0.344. The zero-order valence-electron chi connectivity index (χ0n) is 38.2. The van der Waals surface area contributed by atoms with Crippen LogP contribution in [0.3, 0.4) is 0 Å². The number of hydrogen-bond acceptors (Lipinski definition) is 1. The number of nitrogens with zero attached hydrogens (tertiary/aromatic N) is 1. The van der Waals surface area contributed by atoms with Gasteiger partial charge >= 0.3 is 0 Å². The lowest BCUT2D eigenvalue weighted by Crippen LogP contribution is -2.17. The lowest BCUT2D eigenvalue weighted by molar-refractivity contribution is 0.442. The maximum atomic E-state index is 2.64. The first-order valence-corrected chi connectivity index (χ1v) is 24.1. The average molecular weight is 812 g/mol. The molecule has 0 saturated heterocycles. The Morgan fingerprint density at radius 1 is 0.500 bits per heavy atom. The topological polar surface area (TPSA) is 3.24 Å². The van der Waals surface area contributed by atoms with E-state index in [2.05, 4.69) is 186 Å². The van der Waals surface area contributed by atoms with Gasteiger partial charge in [0.1, 0.15) is 0 Å². The third kappa shape index (κ3) is 7.01. The molecule has 4 aliphatic carbocycles. The molecular formula is C61H65N. The molecule has 62 heavy (non-hydrogen) atoms. The molecule has 6 aromatic carbocycles. The van der Waals surface area contributed by atoms with E-state index in [1.165, 1.54) is 142 Å². The number of rotatable bonds is 8. The first kappa shape index (κ1) is 40.7. The highest BCUT2D eigenvalue weighted by Crippen LogP contribution is 2.56. The fourth-order valence-corrected chi connectivity index (χ4v) is 12.1. The van der Waals surface area contributed by atoms with Crippen LogP contribution in [0, 0.1) is 0 Å². The minimum atomic E-state index is -0.0922. The monoisotopic (exact) mass is 812 g/mol. The van der Waals surface area contributed by atoms with Gasteiger partial charge in [0, 0.05) is 27.9 Å². The van der Waals surface area contributed by atoms with E-state index in [1.54, 1.807) is 11.1 Å². The second-order valence-electron chi connectivity index (χ2n) is 20.0. The summed E-state index contributed by atoms with van der Waals surface area (Å²) in [5.41, 5.74) is 23.1. The van der Waals surface area contributed by atoms with Crippen molar-refractivity contribution in [1.29, 1.82) is 0 Å². The molecule has 10 rings (SSSR count). The van der Waals surface area contributed by atoms with E-state index in [4.69, 9.17) is 0 Å². The van der Waals surface area contributed by atoms with Crippen molar-refractivity contribution in [2.24, 2.45) is 0 Å². The Morgan fingerprint density at radius 3 is 1.79 bits per heavy atom. The highest BCUT2D eigenvalue weighted by molar-refractivity contribution is 5.95. The van der Waals surface area contributed by atoms with Crippen molar-refractivity contribution in [3.63, 3.8) is 0 Å². The van der Waals surface area contributed by atoms with Gasteiger partial charge in [-0.3, -0.25) is 0 Å². The molecule has 0 radical (unpaired) electrons. The molecule has 1 nitrogen and oxygen atoms in total. The normalized spacial score (nSPS) is 19.4. The first-order valence-electron chi connectivity index (χ1n) is 24.1. The SMILES string of the molecule is C/C=C1\C(=C/CC)C(C)(C)c2cc(N(c3ccc(-c4ccccc4)cc3)c3cccc(-c4cc(C5CCCCC5)cc5c4-c4ccc(C6CCCCC6)cc4C5(C)C)c3)ccc21. The quantitative estimate of drug-likeness (QED) is 0.148. The van der Waals surface area contributed by atoms with Crippen molar-refractivity contribution in [1.82, 2.24) is 0 Å².